The Morgan fingerprint density at radius 2 is 0.685 bits per heavy atom. The summed E-state index contributed by atoms with van der Waals surface area (Å²) in [6.07, 6.45) is 2.51. The molecule has 1 aliphatic rings. The largest absolute Gasteiger partial charge is 0.481 e. The third kappa shape index (κ3) is 25.0. The second-order valence-electron chi connectivity index (χ2n) is 11.5. The van der Waals surface area contributed by atoms with Gasteiger partial charge in [0.15, 0.2) is 0 Å². The fraction of sp³-hybridized carbons (Fsp3) is 0.900. The van der Waals surface area contributed by atoms with Crippen molar-refractivity contribution in [3.8, 4) is 0 Å². The zero-order valence-electron chi connectivity index (χ0n) is 31.9. The minimum absolute atomic E-state index is 0.0209. The SMILES string of the molecule is COCCOCCOP1(NCCCCC(=O)O)=NP(NCCCCC(=O)O)(OCCOCCOC)=NP(NCCCCC(=O)O)(OCCOCCOC)=N1. The third-order valence-corrected chi connectivity index (χ3v) is 16.3. The molecule has 0 bridgehead atoms. The van der Waals surface area contributed by atoms with E-state index in [-0.39, 0.29) is 78.5 Å². The molecule has 0 saturated heterocycles. The molecule has 0 amide bonds. The molecule has 21 nitrogen and oxygen atoms in total. The molecule has 0 unspecified atom stereocenters. The van der Waals surface area contributed by atoms with E-state index in [2.05, 4.69) is 15.3 Å². The van der Waals surface area contributed by atoms with E-state index in [9.17, 15) is 29.7 Å². The van der Waals surface area contributed by atoms with Crippen LogP contribution in [0, 0.1) is 0 Å². The molecular formula is C30H63N6O15P3. The molecule has 0 aromatic carbocycles. The lowest BCUT2D eigenvalue weighted by molar-refractivity contribution is -0.138. The summed E-state index contributed by atoms with van der Waals surface area (Å²) in [6.45, 7) is 3.74. The van der Waals surface area contributed by atoms with Gasteiger partial charge in [-0.2, -0.15) is 13.5 Å². The molecule has 0 spiro atoms. The van der Waals surface area contributed by atoms with E-state index in [0.29, 0.717) is 78.2 Å². The summed E-state index contributed by atoms with van der Waals surface area (Å²) in [7, 11) is -5.69. The summed E-state index contributed by atoms with van der Waals surface area (Å²) in [6, 6.07) is 0. The maximum Gasteiger partial charge on any atom is 0.303 e. The first kappa shape index (κ1) is 50.6. The van der Waals surface area contributed by atoms with Gasteiger partial charge in [0.05, 0.1) is 79.3 Å². The van der Waals surface area contributed by atoms with E-state index < -0.39 is 40.7 Å². The summed E-state index contributed by atoms with van der Waals surface area (Å²) in [5, 5.41) is 37.8. The van der Waals surface area contributed by atoms with Crippen molar-refractivity contribution in [1.29, 1.82) is 0 Å². The summed E-state index contributed by atoms with van der Waals surface area (Å²) in [4.78, 5) is 33.7. The van der Waals surface area contributed by atoms with Crippen molar-refractivity contribution in [2.75, 3.05) is 120 Å². The Kier molecular flexibility index (Phi) is 29.7. The number of hydrogen-bond donors (Lipinski definition) is 6. The van der Waals surface area contributed by atoms with Crippen LogP contribution in [0.5, 0.6) is 0 Å². The van der Waals surface area contributed by atoms with E-state index in [1.54, 1.807) is 21.3 Å². The third-order valence-electron chi connectivity index (χ3n) is 6.93. The van der Waals surface area contributed by atoms with Gasteiger partial charge in [-0.25, -0.2) is 15.3 Å². The first-order valence-corrected chi connectivity index (χ1v) is 22.8. The Balaban J connectivity index is 3.78. The number of nitrogens with one attached hydrogen (secondary N) is 3. The zero-order valence-corrected chi connectivity index (χ0v) is 34.6. The lowest BCUT2D eigenvalue weighted by atomic mass is 10.2. The Bertz CT molecular complexity index is 1060. The predicted octanol–water partition coefficient (Wildman–Crippen LogP) is 4.41. The number of methoxy groups -OCH3 is 3. The molecule has 1 heterocycles. The van der Waals surface area contributed by atoms with Gasteiger partial charge in [-0.05, 0) is 38.5 Å². The van der Waals surface area contributed by atoms with Crippen molar-refractivity contribution in [3.05, 3.63) is 0 Å². The second-order valence-corrected chi connectivity index (χ2v) is 18.6. The second kappa shape index (κ2) is 31.7. The molecule has 0 fully saturated rings. The van der Waals surface area contributed by atoms with Crippen LogP contribution in [0.3, 0.4) is 0 Å². The Morgan fingerprint density at radius 1 is 0.426 bits per heavy atom. The number of carboxylic acids is 3. The number of unbranched alkanes of at least 4 members (excludes halogenated alkanes) is 3. The highest BCUT2D eigenvalue weighted by Gasteiger charge is 2.40. The maximum absolute atomic E-state index is 11.2. The summed E-state index contributed by atoms with van der Waals surface area (Å²) < 4.78 is 67.2. The van der Waals surface area contributed by atoms with Crippen LogP contribution < -0.4 is 15.3 Å². The number of hydrogen-bond acceptors (Lipinski definition) is 18. The molecule has 0 aromatic heterocycles. The highest BCUT2D eigenvalue weighted by Crippen LogP contribution is 2.75. The van der Waals surface area contributed by atoms with Gasteiger partial charge in [0.2, 0.25) is 0 Å². The van der Waals surface area contributed by atoms with Crippen LogP contribution in [-0.4, -0.2) is 153 Å². The van der Waals surface area contributed by atoms with E-state index in [4.69, 9.17) is 55.5 Å². The molecule has 0 aromatic rings. The smallest absolute Gasteiger partial charge is 0.303 e. The van der Waals surface area contributed by atoms with Crippen LogP contribution in [0.4, 0.5) is 0 Å². The van der Waals surface area contributed by atoms with Crippen LogP contribution in [0.15, 0.2) is 13.5 Å². The molecule has 24 heteroatoms. The monoisotopic (exact) mass is 840 g/mol. The minimum Gasteiger partial charge on any atom is -0.481 e. The van der Waals surface area contributed by atoms with Crippen molar-refractivity contribution in [2.24, 2.45) is 13.5 Å². The number of rotatable bonds is 39. The van der Waals surface area contributed by atoms with Crippen molar-refractivity contribution < 1.29 is 71.7 Å². The number of carbonyl (C=O) groups is 3. The van der Waals surface area contributed by atoms with Gasteiger partial charge in [-0.3, -0.25) is 14.4 Å². The average Bonchev–Trinajstić information content (AvgIpc) is 3.12. The van der Waals surface area contributed by atoms with E-state index in [1.165, 1.54) is 0 Å². The van der Waals surface area contributed by atoms with E-state index in [1.807, 2.05) is 0 Å². The fourth-order valence-electron chi connectivity index (χ4n) is 4.31. The zero-order chi connectivity index (χ0) is 39.8. The standard InChI is InChI=1S/C30H63N6O15P3/c1-43-16-19-46-22-25-49-52(31-13-7-4-10-28(37)38)34-53(32-14-8-5-11-29(39)40,50-26-23-47-20-17-44-2)36-54(35-52,33-15-9-6-12-30(41)42)51-27-24-48-21-18-45-3/h31-33H,4-27H2,1-3H3,(H,37,38)(H,39,40)(H,41,42). The fourth-order valence-corrected chi connectivity index (χ4v) is 15.0. The van der Waals surface area contributed by atoms with Crippen LogP contribution >= 0.6 is 22.7 Å². The van der Waals surface area contributed by atoms with Gasteiger partial charge < -0.3 is 57.3 Å². The van der Waals surface area contributed by atoms with E-state index in [0.717, 1.165) is 0 Å². The summed E-state index contributed by atoms with van der Waals surface area (Å²) >= 11 is 0. The molecule has 0 radical (unpaired) electrons. The molecule has 0 atom stereocenters. The quantitative estimate of drug-likeness (QED) is 0.0370. The number of aliphatic carboxylic acids is 3. The average molecular weight is 841 g/mol. The highest BCUT2D eigenvalue weighted by molar-refractivity contribution is 7.81. The topological polar surface area (TPSA) is 268 Å². The van der Waals surface area contributed by atoms with Crippen molar-refractivity contribution in [1.82, 2.24) is 15.3 Å². The molecule has 1 rings (SSSR count). The van der Waals surface area contributed by atoms with Gasteiger partial charge >= 0.3 is 17.9 Å². The van der Waals surface area contributed by atoms with E-state index >= 15 is 0 Å². The summed E-state index contributed by atoms with van der Waals surface area (Å²) in [5.41, 5.74) is 0. The summed E-state index contributed by atoms with van der Waals surface area (Å²) in [5.74, 6) is -2.73. The van der Waals surface area contributed by atoms with Crippen LogP contribution in [-0.2, 0) is 56.4 Å². The Hall–Kier alpha value is -1.38. The van der Waals surface area contributed by atoms with Crippen molar-refractivity contribution >= 4 is 40.7 Å². The lowest BCUT2D eigenvalue weighted by Gasteiger charge is -2.35. The van der Waals surface area contributed by atoms with Crippen LogP contribution in [0.2, 0.25) is 0 Å². The lowest BCUT2D eigenvalue weighted by Crippen LogP contribution is -2.24. The predicted molar refractivity (Wildman–Crippen MR) is 202 cm³/mol. The van der Waals surface area contributed by atoms with Gasteiger partial charge in [0.1, 0.15) is 0 Å². The van der Waals surface area contributed by atoms with Crippen LogP contribution in [0.25, 0.3) is 0 Å². The molecular weight excluding hydrogens is 777 g/mol. The normalized spacial score (nSPS) is 20.9. The number of ether oxygens (including phenoxy) is 6. The maximum atomic E-state index is 11.2. The molecule has 0 aliphatic carbocycles. The molecule has 54 heavy (non-hydrogen) atoms. The van der Waals surface area contributed by atoms with Crippen molar-refractivity contribution in [2.45, 2.75) is 57.8 Å². The minimum atomic E-state index is -3.47. The first-order chi connectivity index (χ1) is 26.1. The molecule has 318 valence electrons. The van der Waals surface area contributed by atoms with Crippen molar-refractivity contribution in [3.63, 3.8) is 0 Å². The highest BCUT2D eigenvalue weighted by atomic mass is 31.3. The molecule has 1 aliphatic heterocycles. The van der Waals surface area contributed by atoms with Gasteiger partial charge in [0, 0.05) is 60.2 Å². The van der Waals surface area contributed by atoms with Gasteiger partial charge in [-0.15, -0.1) is 0 Å². The van der Waals surface area contributed by atoms with Crippen LogP contribution in [0.1, 0.15) is 57.8 Å². The number of nitrogens with zero attached hydrogens (tertiary/aromatic N) is 3. The molecule has 6 N–H and O–H groups in total. The van der Waals surface area contributed by atoms with Gasteiger partial charge in [0.25, 0.3) is 22.7 Å². The Labute approximate surface area is 318 Å². The molecule has 0 saturated carbocycles. The first-order valence-electron chi connectivity index (χ1n) is 18.0. The number of carboxylic acid groups (broad SMARTS) is 3. The van der Waals surface area contributed by atoms with Gasteiger partial charge in [-0.1, -0.05) is 0 Å². The Morgan fingerprint density at radius 3 is 0.926 bits per heavy atom.